The van der Waals surface area contributed by atoms with Crippen LogP contribution in [0, 0.1) is 11.3 Å². The third kappa shape index (κ3) is 1.72. The quantitative estimate of drug-likeness (QED) is 0.709. The highest BCUT2D eigenvalue weighted by atomic mass is 15.1. The molecule has 1 rings (SSSR count). The zero-order valence-corrected chi connectivity index (χ0v) is 8.41. The van der Waals surface area contributed by atoms with Gasteiger partial charge in [0.2, 0.25) is 0 Å². The van der Waals surface area contributed by atoms with E-state index in [1.165, 1.54) is 0 Å². The molecule has 1 aromatic heterocycles. The predicted molar refractivity (Wildman–Crippen MR) is 51.3 cm³/mol. The van der Waals surface area contributed by atoms with Crippen molar-refractivity contribution in [3.05, 3.63) is 17.7 Å². The van der Waals surface area contributed by atoms with Crippen LogP contribution in [0.1, 0.15) is 38.2 Å². The summed E-state index contributed by atoms with van der Waals surface area (Å²) in [5, 5.41) is 8.80. The van der Waals surface area contributed by atoms with Crippen molar-refractivity contribution in [2.24, 2.45) is 0 Å². The summed E-state index contributed by atoms with van der Waals surface area (Å²) in [5.74, 6) is 1.01. The molecule has 0 radical (unpaired) electrons. The minimum Gasteiger partial charge on any atom is -0.331 e. The molecule has 0 aliphatic carbocycles. The fraction of sp³-hybridized carbons (Fsp3) is 0.600. The number of aromatic nitrogens is 2. The first-order chi connectivity index (χ1) is 6.24. The summed E-state index contributed by atoms with van der Waals surface area (Å²) in [6.45, 7) is 6.96. The van der Waals surface area contributed by atoms with E-state index in [0.717, 1.165) is 24.5 Å². The Balaban J connectivity index is 3.09. The number of imidazole rings is 1. The minimum absolute atomic E-state index is 0.0623. The van der Waals surface area contributed by atoms with Crippen LogP contribution in [0.25, 0.3) is 0 Å². The molecule has 1 heterocycles. The summed E-state index contributed by atoms with van der Waals surface area (Å²) < 4.78 is 2.12. The minimum atomic E-state index is -0.0623. The van der Waals surface area contributed by atoms with E-state index in [4.69, 9.17) is 5.26 Å². The zero-order chi connectivity index (χ0) is 9.84. The van der Waals surface area contributed by atoms with Crippen molar-refractivity contribution in [1.29, 1.82) is 5.26 Å². The topological polar surface area (TPSA) is 41.6 Å². The van der Waals surface area contributed by atoms with Gasteiger partial charge in [-0.1, -0.05) is 6.92 Å². The Hall–Kier alpha value is -1.30. The monoisotopic (exact) mass is 177 g/mol. The van der Waals surface area contributed by atoms with Gasteiger partial charge in [0.15, 0.2) is 0 Å². The van der Waals surface area contributed by atoms with E-state index >= 15 is 0 Å². The molecular weight excluding hydrogens is 162 g/mol. The summed E-state index contributed by atoms with van der Waals surface area (Å²) in [5.41, 5.74) is 1.03. The fourth-order valence-corrected chi connectivity index (χ4v) is 1.49. The second-order valence-electron chi connectivity index (χ2n) is 3.05. The van der Waals surface area contributed by atoms with Crippen LogP contribution < -0.4 is 0 Å². The molecule has 70 valence electrons. The lowest BCUT2D eigenvalue weighted by molar-refractivity contribution is 0.658. The van der Waals surface area contributed by atoms with Gasteiger partial charge in [-0.15, -0.1) is 0 Å². The van der Waals surface area contributed by atoms with Crippen molar-refractivity contribution in [3.63, 3.8) is 0 Å². The largest absolute Gasteiger partial charge is 0.331 e. The summed E-state index contributed by atoms with van der Waals surface area (Å²) in [7, 11) is 0. The van der Waals surface area contributed by atoms with Gasteiger partial charge in [0.1, 0.15) is 5.82 Å². The van der Waals surface area contributed by atoms with Gasteiger partial charge in [-0.2, -0.15) is 5.26 Å². The van der Waals surface area contributed by atoms with Crippen molar-refractivity contribution >= 4 is 0 Å². The molecular formula is C10H15N3. The Kier molecular flexibility index (Phi) is 3.07. The molecule has 0 saturated heterocycles. The average molecular weight is 177 g/mol. The molecule has 3 nitrogen and oxygen atoms in total. The number of rotatable bonds is 3. The average Bonchev–Trinajstić information content (AvgIpc) is 2.58. The van der Waals surface area contributed by atoms with E-state index in [9.17, 15) is 0 Å². The Labute approximate surface area is 79.0 Å². The number of aryl methyl sites for hydroxylation is 1. The molecule has 3 heteroatoms. The molecule has 0 N–H and O–H groups in total. The maximum absolute atomic E-state index is 8.80. The smallest absolute Gasteiger partial charge is 0.108 e. The van der Waals surface area contributed by atoms with Crippen LogP contribution in [0.2, 0.25) is 0 Å². The molecule has 0 fully saturated rings. The molecule has 1 unspecified atom stereocenters. The van der Waals surface area contributed by atoms with Gasteiger partial charge >= 0.3 is 0 Å². The molecule has 0 aliphatic heterocycles. The first-order valence-corrected chi connectivity index (χ1v) is 4.68. The van der Waals surface area contributed by atoms with Crippen LogP contribution in [0.15, 0.2) is 6.20 Å². The van der Waals surface area contributed by atoms with E-state index in [1.54, 1.807) is 0 Å². The van der Waals surface area contributed by atoms with Crippen LogP contribution in [0.5, 0.6) is 0 Å². The van der Waals surface area contributed by atoms with Crippen molar-refractivity contribution < 1.29 is 0 Å². The number of hydrogen-bond acceptors (Lipinski definition) is 2. The second kappa shape index (κ2) is 4.08. The molecule has 13 heavy (non-hydrogen) atoms. The van der Waals surface area contributed by atoms with Crippen molar-refractivity contribution in [2.45, 2.75) is 39.7 Å². The molecule has 0 spiro atoms. The third-order valence-electron chi connectivity index (χ3n) is 2.24. The van der Waals surface area contributed by atoms with Crippen molar-refractivity contribution in [3.8, 4) is 6.07 Å². The molecule has 0 amide bonds. The van der Waals surface area contributed by atoms with Gasteiger partial charge < -0.3 is 4.57 Å². The van der Waals surface area contributed by atoms with Gasteiger partial charge in [0.25, 0.3) is 0 Å². The molecule has 0 aromatic carbocycles. The lowest BCUT2D eigenvalue weighted by atomic mass is 10.1. The van der Waals surface area contributed by atoms with Crippen LogP contribution in [0.3, 0.4) is 0 Å². The van der Waals surface area contributed by atoms with E-state index in [-0.39, 0.29) is 5.92 Å². The lowest BCUT2D eigenvalue weighted by Gasteiger charge is -2.08. The molecule has 1 atom stereocenters. The Bertz CT molecular complexity index is 319. The van der Waals surface area contributed by atoms with Crippen LogP contribution >= 0.6 is 0 Å². The SMILES string of the molecule is CCc1ncc(C(C)C#N)n1CC. The summed E-state index contributed by atoms with van der Waals surface area (Å²) in [4.78, 5) is 4.29. The van der Waals surface area contributed by atoms with Crippen LogP contribution in [-0.4, -0.2) is 9.55 Å². The summed E-state index contributed by atoms with van der Waals surface area (Å²) in [6.07, 6.45) is 2.74. The van der Waals surface area contributed by atoms with Crippen LogP contribution in [0.4, 0.5) is 0 Å². The molecule has 1 aromatic rings. The highest BCUT2D eigenvalue weighted by Gasteiger charge is 2.12. The number of nitrogens with zero attached hydrogens (tertiary/aromatic N) is 3. The second-order valence-corrected chi connectivity index (χ2v) is 3.05. The maximum Gasteiger partial charge on any atom is 0.108 e. The van der Waals surface area contributed by atoms with Gasteiger partial charge in [-0.25, -0.2) is 4.98 Å². The van der Waals surface area contributed by atoms with Crippen molar-refractivity contribution in [2.75, 3.05) is 0 Å². The normalized spacial score (nSPS) is 12.5. The Morgan fingerprint density at radius 1 is 1.62 bits per heavy atom. The van der Waals surface area contributed by atoms with E-state index < -0.39 is 0 Å². The Morgan fingerprint density at radius 2 is 2.31 bits per heavy atom. The maximum atomic E-state index is 8.80. The lowest BCUT2D eigenvalue weighted by Crippen LogP contribution is -2.06. The predicted octanol–water partition coefficient (Wildman–Crippen LogP) is 2.09. The first-order valence-electron chi connectivity index (χ1n) is 4.68. The third-order valence-corrected chi connectivity index (χ3v) is 2.24. The summed E-state index contributed by atoms with van der Waals surface area (Å²) in [6, 6.07) is 2.23. The van der Waals surface area contributed by atoms with Crippen molar-refractivity contribution in [1.82, 2.24) is 9.55 Å². The zero-order valence-electron chi connectivity index (χ0n) is 8.41. The number of nitriles is 1. The first kappa shape index (κ1) is 9.79. The highest BCUT2D eigenvalue weighted by Crippen LogP contribution is 2.16. The van der Waals surface area contributed by atoms with E-state index in [0.29, 0.717) is 0 Å². The van der Waals surface area contributed by atoms with Gasteiger partial charge in [0.05, 0.1) is 17.7 Å². The van der Waals surface area contributed by atoms with E-state index in [2.05, 4.69) is 29.5 Å². The van der Waals surface area contributed by atoms with Gasteiger partial charge in [-0.3, -0.25) is 0 Å². The van der Waals surface area contributed by atoms with Gasteiger partial charge in [-0.05, 0) is 13.8 Å². The van der Waals surface area contributed by atoms with Gasteiger partial charge in [0, 0.05) is 19.2 Å². The van der Waals surface area contributed by atoms with Crippen LogP contribution in [-0.2, 0) is 13.0 Å². The standard InChI is InChI=1S/C10H15N3/c1-4-10-12-7-9(8(3)6-11)13(10)5-2/h7-8H,4-5H2,1-3H3. The molecule has 0 saturated carbocycles. The summed E-state index contributed by atoms with van der Waals surface area (Å²) >= 11 is 0. The number of hydrogen-bond donors (Lipinski definition) is 0. The van der Waals surface area contributed by atoms with E-state index in [1.807, 2.05) is 13.1 Å². The molecule has 0 bridgehead atoms. The fourth-order valence-electron chi connectivity index (χ4n) is 1.49. The molecule has 0 aliphatic rings. The highest BCUT2D eigenvalue weighted by molar-refractivity contribution is 5.16. The Morgan fingerprint density at radius 3 is 2.77 bits per heavy atom.